The van der Waals surface area contributed by atoms with Gasteiger partial charge in [0.05, 0.1) is 11.0 Å². The molecule has 3 aliphatic carbocycles. The summed E-state index contributed by atoms with van der Waals surface area (Å²) in [5, 5.41) is 0. The van der Waals surface area contributed by atoms with Crippen LogP contribution in [0.15, 0.2) is 29.1 Å². The molecule has 1 aliphatic heterocycles. The van der Waals surface area contributed by atoms with E-state index in [2.05, 4.69) is 22.9 Å². The van der Waals surface area contributed by atoms with Crippen molar-refractivity contribution in [2.75, 3.05) is 13.1 Å². The molecule has 3 saturated carbocycles. The van der Waals surface area contributed by atoms with Crippen LogP contribution in [-0.4, -0.2) is 33.1 Å². The number of hydrogen-bond acceptors (Lipinski definition) is 2. The van der Waals surface area contributed by atoms with Crippen LogP contribution in [0.1, 0.15) is 51.5 Å². The number of aromatic nitrogens is 2. The van der Waals surface area contributed by atoms with Crippen molar-refractivity contribution in [2.24, 2.45) is 5.41 Å². The molecule has 122 valence electrons. The summed E-state index contributed by atoms with van der Waals surface area (Å²) < 4.78 is 2.00. The highest BCUT2D eigenvalue weighted by Crippen LogP contribution is 2.71. The van der Waals surface area contributed by atoms with E-state index in [1.54, 1.807) is 0 Å². The number of nitrogens with zero attached hydrogens (tertiary/aromatic N) is 2. The van der Waals surface area contributed by atoms with Crippen LogP contribution in [0.4, 0.5) is 0 Å². The van der Waals surface area contributed by atoms with Gasteiger partial charge < -0.3 is 4.98 Å². The fourth-order valence-corrected chi connectivity index (χ4v) is 5.68. The summed E-state index contributed by atoms with van der Waals surface area (Å²) in [6.45, 7) is 4.64. The summed E-state index contributed by atoms with van der Waals surface area (Å²) in [5.74, 6) is 0. The molecular weight excluding hydrogens is 286 g/mol. The Balaban J connectivity index is 1.34. The summed E-state index contributed by atoms with van der Waals surface area (Å²) in [5.41, 5.74) is 3.34. The molecule has 4 heteroatoms. The average Bonchev–Trinajstić information content (AvgIpc) is 2.82. The van der Waals surface area contributed by atoms with Crippen LogP contribution in [-0.2, 0) is 0 Å². The minimum Gasteiger partial charge on any atom is -0.306 e. The number of imidazole rings is 1. The lowest BCUT2D eigenvalue weighted by Crippen LogP contribution is -2.75. The molecule has 1 N–H and O–H groups in total. The molecule has 4 fully saturated rings. The third kappa shape index (κ3) is 1.78. The highest BCUT2D eigenvalue weighted by molar-refractivity contribution is 5.75. The Morgan fingerprint density at radius 3 is 2.57 bits per heavy atom. The number of aromatic amines is 1. The van der Waals surface area contributed by atoms with E-state index in [0.29, 0.717) is 17.0 Å². The Morgan fingerprint density at radius 2 is 1.87 bits per heavy atom. The molecule has 0 unspecified atom stereocenters. The van der Waals surface area contributed by atoms with E-state index in [1.807, 2.05) is 22.8 Å². The minimum absolute atomic E-state index is 0.0556. The lowest BCUT2D eigenvalue weighted by molar-refractivity contribution is -0.226. The molecule has 0 spiro atoms. The van der Waals surface area contributed by atoms with Gasteiger partial charge in [0.15, 0.2) is 0 Å². The molecule has 0 amide bonds. The average molecular weight is 311 g/mol. The Morgan fingerprint density at radius 1 is 1.17 bits per heavy atom. The summed E-state index contributed by atoms with van der Waals surface area (Å²) in [6.07, 6.45) is 7.83. The van der Waals surface area contributed by atoms with Gasteiger partial charge in [-0.1, -0.05) is 25.5 Å². The molecule has 6 rings (SSSR count). The third-order valence-corrected chi connectivity index (χ3v) is 6.99. The van der Waals surface area contributed by atoms with E-state index in [1.165, 1.54) is 25.7 Å². The summed E-state index contributed by atoms with van der Waals surface area (Å²) in [7, 11) is 0. The topological polar surface area (TPSA) is 41.0 Å². The molecule has 2 heterocycles. The van der Waals surface area contributed by atoms with Gasteiger partial charge in [-0.15, -0.1) is 0 Å². The quantitative estimate of drug-likeness (QED) is 0.945. The van der Waals surface area contributed by atoms with Gasteiger partial charge in [0.25, 0.3) is 0 Å². The van der Waals surface area contributed by atoms with Crippen LogP contribution < -0.4 is 5.69 Å². The Hall–Kier alpha value is -1.55. The number of hydrogen-bond donors (Lipinski definition) is 1. The maximum absolute atomic E-state index is 12.4. The summed E-state index contributed by atoms with van der Waals surface area (Å²) in [6, 6.07) is 8.41. The van der Waals surface area contributed by atoms with Gasteiger partial charge in [0.2, 0.25) is 0 Å². The number of nitrogens with one attached hydrogen (secondary N) is 1. The Labute approximate surface area is 136 Å². The lowest BCUT2D eigenvalue weighted by Gasteiger charge is -2.75. The monoisotopic (exact) mass is 311 g/mol. The van der Waals surface area contributed by atoms with Crippen molar-refractivity contribution in [3.63, 3.8) is 0 Å². The van der Waals surface area contributed by atoms with Gasteiger partial charge in [0, 0.05) is 24.7 Å². The smallest absolute Gasteiger partial charge is 0.306 e. The minimum atomic E-state index is 0.0556. The molecule has 0 atom stereocenters. The summed E-state index contributed by atoms with van der Waals surface area (Å²) in [4.78, 5) is 18.1. The predicted octanol–water partition coefficient (Wildman–Crippen LogP) is 3.30. The third-order valence-electron chi connectivity index (χ3n) is 6.99. The number of fused-ring (bicyclic) bond motifs is 1. The molecule has 0 radical (unpaired) electrons. The Bertz CT molecular complexity index is 790. The van der Waals surface area contributed by atoms with Crippen molar-refractivity contribution in [1.82, 2.24) is 14.5 Å². The second-order valence-corrected chi connectivity index (χ2v) is 8.14. The van der Waals surface area contributed by atoms with Gasteiger partial charge in [-0.2, -0.15) is 0 Å². The van der Waals surface area contributed by atoms with Crippen molar-refractivity contribution in [3.05, 3.63) is 34.7 Å². The van der Waals surface area contributed by atoms with Crippen LogP contribution >= 0.6 is 0 Å². The predicted molar refractivity (Wildman–Crippen MR) is 91.7 cm³/mol. The first-order valence-corrected chi connectivity index (χ1v) is 9.09. The highest BCUT2D eigenvalue weighted by atomic mass is 16.1. The Kier molecular flexibility index (Phi) is 2.71. The second kappa shape index (κ2) is 4.50. The van der Waals surface area contributed by atoms with Gasteiger partial charge in [-0.05, 0) is 49.7 Å². The largest absolute Gasteiger partial charge is 0.326 e. The number of benzene rings is 1. The lowest BCUT2D eigenvalue weighted by atomic mass is 9.38. The zero-order valence-corrected chi connectivity index (χ0v) is 13.8. The fourth-order valence-electron chi connectivity index (χ4n) is 5.68. The van der Waals surface area contributed by atoms with E-state index in [9.17, 15) is 4.79 Å². The molecule has 23 heavy (non-hydrogen) atoms. The van der Waals surface area contributed by atoms with E-state index in [0.717, 1.165) is 37.0 Å². The molecule has 2 aromatic rings. The molecule has 2 bridgehead atoms. The van der Waals surface area contributed by atoms with Gasteiger partial charge in [0.1, 0.15) is 0 Å². The molecule has 4 nitrogen and oxygen atoms in total. The van der Waals surface area contributed by atoms with Crippen LogP contribution in [0.3, 0.4) is 0 Å². The first kappa shape index (κ1) is 13.8. The number of rotatable bonds is 3. The molecule has 4 aliphatic rings. The normalized spacial score (nSPS) is 34.3. The van der Waals surface area contributed by atoms with Crippen molar-refractivity contribution in [3.8, 4) is 0 Å². The summed E-state index contributed by atoms with van der Waals surface area (Å²) >= 11 is 0. The number of H-pyrrole nitrogens is 1. The maximum atomic E-state index is 12.4. The van der Waals surface area contributed by atoms with E-state index in [4.69, 9.17) is 0 Å². The molecular formula is C19H25N3O. The van der Waals surface area contributed by atoms with Crippen LogP contribution in [0.2, 0.25) is 0 Å². The second-order valence-electron chi connectivity index (χ2n) is 8.14. The van der Waals surface area contributed by atoms with Crippen molar-refractivity contribution in [1.29, 1.82) is 0 Å². The standard InChI is InChI=1S/C19H25N3O/c1-2-18-11-19(12-18,13-18)21-9-7-14(8-10-21)22-16-6-4-3-5-15(16)20-17(22)23/h3-6,14H,2,7-13H2,1H3,(H,20,23). The number of likely N-dealkylation sites (tertiary alicyclic amines) is 1. The fraction of sp³-hybridized carbons (Fsp3) is 0.632. The van der Waals surface area contributed by atoms with Gasteiger partial charge in [-0.3, -0.25) is 9.47 Å². The molecule has 1 saturated heterocycles. The number of piperidine rings is 1. The molecule has 1 aromatic heterocycles. The van der Waals surface area contributed by atoms with Gasteiger partial charge >= 0.3 is 5.69 Å². The maximum Gasteiger partial charge on any atom is 0.326 e. The SMILES string of the molecule is CCC12CC(N3CCC(n4c(=O)[nH]c5ccccc54)CC3)(C1)C2. The highest BCUT2D eigenvalue weighted by Gasteiger charge is 2.68. The van der Waals surface area contributed by atoms with E-state index >= 15 is 0 Å². The van der Waals surface area contributed by atoms with E-state index < -0.39 is 0 Å². The van der Waals surface area contributed by atoms with E-state index in [-0.39, 0.29) is 5.69 Å². The van der Waals surface area contributed by atoms with Crippen LogP contribution in [0.25, 0.3) is 11.0 Å². The van der Waals surface area contributed by atoms with Gasteiger partial charge in [-0.25, -0.2) is 4.79 Å². The van der Waals surface area contributed by atoms with Crippen molar-refractivity contribution < 1.29 is 0 Å². The first-order chi connectivity index (χ1) is 11.1. The first-order valence-electron chi connectivity index (χ1n) is 9.09. The van der Waals surface area contributed by atoms with Crippen LogP contribution in [0.5, 0.6) is 0 Å². The number of para-hydroxylation sites is 2. The zero-order chi connectivity index (χ0) is 15.7. The van der Waals surface area contributed by atoms with Crippen LogP contribution in [0, 0.1) is 5.41 Å². The zero-order valence-electron chi connectivity index (χ0n) is 13.8. The molecule has 1 aromatic carbocycles. The van der Waals surface area contributed by atoms with Crippen molar-refractivity contribution >= 4 is 11.0 Å². The van der Waals surface area contributed by atoms with Crippen molar-refractivity contribution in [2.45, 2.75) is 57.0 Å².